The number of nitrogens with one attached hydrogen (secondary N) is 1. The van der Waals surface area contributed by atoms with Gasteiger partial charge >= 0.3 is 0 Å². The summed E-state index contributed by atoms with van der Waals surface area (Å²) in [5.74, 6) is 1.66. The van der Waals surface area contributed by atoms with Crippen molar-refractivity contribution in [2.75, 3.05) is 26.0 Å². The molecule has 0 aliphatic carbocycles. The Balaban J connectivity index is 1.26. The Morgan fingerprint density at radius 1 is 0.957 bits per heavy atom. The van der Waals surface area contributed by atoms with Gasteiger partial charge in [-0.25, -0.2) is 8.42 Å². The van der Waals surface area contributed by atoms with Gasteiger partial charge in [-0.2, -0.15) is 0 Å². The quantitative estimate of drug-likeness (QED) is 0.166. The Morgan fingerprint density at radius 2 is 1.63 bits per heavy atom. The van der Waals surface area contributed by atoms with Crippen molar-refractivity contribution in [1.29, 1.82) is 0 Å². The number of sulfone groups is 1. The van der Waals surface area contributed by atoms with Crippen LogP contribution in [-0.4, -0.2) is 70.0 Å². The third-order valence-corrected chi connectivity index (χ3v) is 12.0. The second-order valence-electron chi connectivity index (χ2n) is 11.1. The highest BCUT2D eigenvalue weighted by Gasteiger charge is 2.24. The minimum Gasteiger partial charge on any atom is -0.486 e. The van der Waals surface area contributed by atoms with E-state index in [0.717, 1.165) is 32.0 Å². The molecule has 2 unspecified atom stereocenters. The van der Waals surface area contributed by atoms with Gasteiger partial charge in [0.2, 0.25) is 0 Å². The van der Waals surface area contributed by atoms with Crippen molar-refractivity contribution in [2.24, 2.45) is 4.99 Å². The summed E-state index contributed by atoms with van der Waals surface area (Å²) in [5, 5.41) is 13.7. The fraction of sp³-hybridized carbons (Fsp3) is 0.229. The van der Waals surface area contributed by atoms with Crippen LogP contribution in [0.1, 0.15) is 19.0 Å². The van der Waals surface area contributed by atoms with E-state index in [2.05, 4.69) is 29.2 Å². The number of aromatic nitrogens is 1. The summed E-state index contributed by atoms with van der Waals surface area (Å²) in [7, 11) is -4.82. The summed E-state index contributed by atoms with van der Waals surface area (Å²) in [6.45, 7) is 3.16. The summed E-state index contributed by atoms with van der Waals surface area (Å²) >= 11 is 1.66. The number of thioether (sulfide) groups is 1. The van der Waals surface area contributed by atoms with Crippen molar-refractivity contribution in [3.63, 3.8) is 0 Å². The van der Waals surface area contributed by atoms with Gasteiger partial charge in [0, 0.05) is 29.6 Å². The summed E-state index contributed by atoms with van der Waals surface area (Å²) in [5.41, 5.74) is 1.69. The SMILES string of the molecule is CC(CO[Si](c1ccccc1)c1ccccc1)Oc1cc(Oc2ccc(S(C)(=O)=O)cc2)cc2cc(C3=NCC(CCO)S3)[nH]c12. The van der Waals surface area contributed by atoms with E-state index in [4.69, 9.17) is 18.9 Å². The van der Waals surface area contributed by atoms with E-state index in [-0.39, 0.29) is 22.9 Å². The zero-order valence-corrected chi connectivity index (χ0v) is 28.2. The molecule has 2 N–H and O–H groups in total. The number of aromatic amines is 1. The fourth-order valence-corrected chi connectivity index (χ4v) is 8.93. The average molecular weight is 672 g/mol. The summed E-state index contributed by atoms with van der Waals surface area (Å²) in [6.07, 6.45) is 1.58. The Labute approximate surface area is 275 Å². The zero-order valence-electron chi connectivity index (χ0n) is 25.6. The Bertz CT molecular complexity index is 1880. The highest BCUT2D eigenvalue weighted by Crippen LogP contribution is 2.37. The van der Waals surface area contributed by atoms with Crippen LogP contribution in [0.2, 0.25) is 0 Å². The standard InChI is InChI=1S/C35H35N2O6S2Si/c1-24(23-41-46(30-9-5-3-6-10-30)31-11-7-4-8-12-31)42-33-21-27(43-26-13-15-29(16-14-26)45(2,39)40)19-25-20-32(37-34(25)33)35-36-22-28(44-35)17-18-38/h3-16,19-21,24,28,37-38H,17-18,22-23H2,1-2H3. The Morgan fingerprint density at radius 3 is 2.26 bits per heavy atom. The van der Waals surface area contributed by atoms with Crippen LogP contribution in [0, 0.1) is 0 Å². The van der Waals surface area contributed by atoms with Gasteiger partial charge in [0.1, 0.15) is 28.4 Å². The predicted octanol–water partition coefficient (Wildman–Crippen LogP) is 5.20. The molecular weight excluding hydrogens is 637 g/mol. The topological polar surface area (TPSA) is 110 Å². The lowest BCUT2D eigenvalue weighted by Crippen LogP contribution is -2.46. The van der Waals surface area contributed by atoms with Crippen LogP contribution in [0.4, 0.5) is 0 Å². The monoisotopic (exact) mass is 671 g/mol. The van der Waals surface area contributed by atoms with E-state index in [1.807, 2.05) is 61.5 Å². The van der Waals surface area contributed by atoms with E-state index in [0.29, 0.717) is 36.8 Å². The lowest BCUT2D eigenvalue weighted by atomic mass is 10.2. The fourth-order valence-electron chi connectivity index (χ4n) is 5.17. The average Bonchev–Trinajstić information content (AvgIpc) is 3.70. The zero-order chi connectivity index (χ0) is 32.1. The molecule has 237 valence electrons. The number of aliphatic hydroxyl groups excluding tert-OH is 1. The summed E-state index contributed by atoms with van der Waals surface area (Å²) < 4.78 is 43.2. The van der Waals surface area contributed by atoms with Crippen molar-refractivity contribution in [2.45, 2.75) is 29.6 Å². The Kier molecular flexibility index (Phi) is 9.95. The molecule has 4 aromatic carbocycles. The number of fused-ring (bicyclic) bond motifs is 1. The van der Waals surface area contributed by atoms with Crippen molar-refractivity contribution >= 4 is 57.0 Å². The van der Waals surface area contributed by atoms with Crippen LogP contribution in [0.15, 0.2) is 113 Å². The first-order valence-electron chi connectivity index (χ1n) is 15.0. The van der Waals surface area contributed by atoms with Crippen LogP contribution < -0.4 is 19.8 Å². The van der Waals surface area contributed by atoms with Crippen LogP contribution in [0.25, 0.3) is 10.9 Å². The molecular formula is C35H35N2O6S2Si. The first-order chi connectivity index (χ1) is 22.3. The number of ether oxygens (including phenoxy) is 2. The lowest BCUT2D eigenvalue weighted by Gasteiger charge is -2.21. The predicted molar refractivity (Wildman–Crippen MR) is 186 cm³/mol. The number of benzene rings is 4. The Hall–Kier alpha value is -3.87. The molecule has 0 fully saturated rings. The maximum Gasteiger partial charge on any atom is 0.283 e. The van der Waals surface area contributed by atoms with Crippen molar-refractivity contribution in [1.82, 2.24) is 4.98 Å². The van der Waals surface area contributed by atoms with Crippen LogP contribution in [0.5, 0.6) is 17.2 Å². The first kappa shape index (κ1) is 32.1. The number of hydrogen-bond acceptors (Lipinski definition) is 8. The van der Waals surface area contributed by atoms with Crippen molar-refractivity contribution in [3.8, 4) is 17.2 Å². The minimum absolute atomic E-state index is 0.133. The lowest BCUT2D eigenvalue weighted by molar-refractivity contribution is 0.147. The molecule has 46 heavy (non-hydrogen) atoms. The second-order valence-corrected chi connectivity index (χ2v) is 16.5. The molecule has 2 atom stereocenters. The maximum absolute atomic E-state index is 11.9. The van der Waals surface area contributed by atoms with Gasteiger partial charge < -0.3 is 24.0 Å². The van der Waals surface area contributed by atoms with Crippen LogP contribution in [0.3, 0.4) is 0 Å². The van der Waals surface area contributed by atoms with E-state index in [9.17, 15) is 13.5 Å². The normalized spacial score (nSPS) is 15.7. The number of hydrogen-bond donors (Lipinski definition) is 2. The number of nitrogens with zero attached hydrogens (tertiary/aromatic N) is 1. The molecule has 0 saturated carbocycles. The van der Waals surface area contributed by atoms with E-state index >= 15 is 0 Å². The molecule has 0 saturated heterocycles. The maximum atomic E-state index is 11.9. The largest absolute Gasteiger partial charge is 0.486 e. The highest BCUT2D eigenvalue weighted by atomic mass is 32.2. The van der Waals surface area contributed by atoms with Gasteiger partial charge in [0.05, 0.1) is 29.3 Å². The van der Waals surface area contributed by atoms with E-state index in [1.54, 1.807) is 23.9 Å². The number of H-pyrrole nitrogens is 1. The van der Waals surface area contributed by atoms with Crippen molar-refractivity contribution < 1.29 is 27.4 Å². The van der Waals surface area contributed by atoms with Gasteiger partial charge in [-0.05, 0) is 60.1 Å². The molecule has 1 aliphatic heterocycles. The molecule has 1 radical (unpaired) electrons. The first-order valence-corrected chi connectivity index (χ1v) is 19.2. The number of rotatable bonds is 13. The van der Waals surface area contributed by atoms with Crippen molar-refractivity contribution in [3.05, 3.63) is 109 Å². The molecule has 0 amide bonds. The van der Waals surface area contributed by atoms with Gasteiger partial charge in [-0.1, -0.05) is 72.4 Å². The van der Waals surface area contributed by atoms with Crippen LogP contribution >= 0.6 is 11.8 Å². The van der Waals surface area contributed by atoms with Gasteiger partial charge in [-0.3, -0.25) is 4.99 Å². The molecule has 2 heterocycles. The van der Waals surface area contributed by atoms with E-state index in [1.165, 1.54) is 18.4 Å². The van der Waals surface area contributed by atoms with Gasteiger partial charge in [-0.15, -0.1) is 0 Å². The molecule has 0 bridgehead atoms. The molecule has 0 spiro atoms. The molecule has 5 aromatic rings. The minimum atomic E-state index is -3.32. The summed E-state index contributed by atoms with van der Waals surface area (Å²) in [4.78, 5) is 8.45. The summed E-state index contributed by atoms with van der Waals surface area (Å²) in [6, 6.07) is 32.7. The van der Waals surface area contributed by atoms with Gasteiger partial charge in [0.25, 0.3) is 9.04 Å². The number of aliphatic hydroxyl groups is 1. The highest BCUT2D eigenvalue weighted by molar-refractivity contribution is 8.15. The van der Waals surface area contributed by atoms with Crippen LogP contribution in [-0.2, 0) is 14.3 Å². The molecule has 11 heteroatoms. The molecule has 1 aliphatic rings. The van der Waals surface area contributed by atoms with Gasteiger partial charge in [0.15, 0.2) is 9.84 Å². The second kappa shape index (κ2) is 14.3. The third-order valence-electron chi connectivity index (χ3n) is 7.41. The molecule has 6 rings (SSSR count). The number of aliphatic imine (C=N–C) groups is 1. The molecule has 8 nitrogen and oxygen atoms in total. The smallest absolute Gasteiger partial charge is 0.283 e. The molecule has 1 aromatic heterocycles. The van der Waals surface area contributed by atoms with E-state index < -0.39 is 18.9 Å². The third kappa shape index (κ3) is 7.73.